The number of nitrogens with one attached hydrogen (secondary N) is 1. The van der Waals surface area contributed by atoms with Crippen LogP contribution >= 0.6 is 15.9 Å². The highest BCUT2D eigenvalue weighted by molar-refractivity contribution is 9.10. The van der Waals surface area contributed by atoms with Crippen molar-refractivity contribution in [2.24, 2.45) is 0 Å². The molecule has 0 radical (unpaired) electrons. The van der Waals surface area contributed by atoms with Crippen LogP contribution < -0.4 is 10.2 Å². The highest BCUT2D eigenvalue weighted by Gasteiger charge is 2.20. The van der Waals surface area contributed by atoms with Gasteiger partial charge in [0.2, 0.25) is 0 Å². The van der Waals surface area contributed by atoms with Crippen molar-refractivity contribution in [2.75, 3.05) is 18.0 Å². The molecule has 4 heteroatoms. The van der Waals surface area contributed by atoms with Gasteiger partial charge >= 0.3 is 0 Å². The Bertz CT molecular complexity index is 408. The van der Waals surface area contributed by atoms with Crippen LogP contribution in [-0.4, -0.2) is 24.1 Å². The fraction of sp³-hybridized carbons (Fsp3) is 0.667. The van der Waals surface area contributed by atoms with E-state index in [1.165, 1.54) is 37.1 Å². The first kappa shape index (κ1) is 14.8. The second-order valence-corrected chi connectivity index (χ2v) is 6.22. The Kier molecular flexibility index (Phi) is 5.64. The minimum atomic E-state index is 0.594. The second-order valence-electron chi connectivity index (χ2n) is 5.31. The zero-order valence-corrected chi connectivity index (χ0v) is 13.5. The minimum Gasteiger partial charge on any atom is -0.354 e. The van der Waals surface area contributed by atoms with E-state index in [2.05, 4.69) is 51.0 Å². The fourth-order valence-corrected chi connectivity index (χ4v) is 3.09. The molecule has 1 aromatic rings. The summed E-state index contributed by atoms with van der Waals surface area (Å²) in [6.07, 6.45) is 7.17. The number of pyridine rings is 1. The van der Waals surface area contributed by atoms with E-state index in [0.29, 0.717) is 6.04 Å². The van der Waals surface area contributed by atoms with Crippen LogP contribution in [0.25, 0.3) is 0 Å². The first-order valence-corrected chi connectivity index (χ1v) is 8.13. The Morgan fingerprint density at radius 3 is 3.05 bits per heavy atom. The number of aromatic nitrogens is 1. The van der Waals surface area contributed by atoms with E-state index in [-0.39, 0.29) is 0 Å². The van der Waals surface area contributed by atoms with Crippen LogP contribution in [0.5, 0.6) is 0 Å². The standard InChI is InChI=1S/C15H24BrN3/c1-3-17-10-13-9-14(16)11-18-15(13)19-8-6-4-5-7-12(19)2/h9,11-12,17H,3-8,10H2,1-2H3. The van der Waals surface area contributed by atoms with Gasteiger partial charge in [0, 0.05) is 35.4 Å². The van der Waals surface area contributed by atoms with Crippen LogP contribution in [0.4, 0.5) is 5.82 Å². The number of anilines is 1. The van der Waals surface area contributed by atoms with Crippen molar-refractivity contribution in [3.63, 3.8) is 0 Å². The number of halogens is 1. The first-order valence-electron chi connectivity index (χ1n) is 7.34. The lowest BCUT2D eigenvalue weighted by Gasteiger charge is -2.30. The molecule has 19 heavy (non-hydrogen) atoms. The van der Waals surface area contributed by atoms with E-state index in [9.17, 15) is 0 Å². The zero-order chi connectivity index (χ0) is 13.7. The molecule has 1 atom stereocenters. The molecule has 0 saturated carbocycles. The maximum Gasteiger partial charge on any atom is 0.133 e. The summed E-state index contributed by atoms with van der Waals surface area (Å²) in [5.41, 5.74) is 1.30. The van der Waals surface area contributed by atoms with E-state index in [1.54, 1.807) is 0 Å². The van der Waals surface area contributed by atoms with Crippen molar-refractivity contribution in [1.82, 2.24) is 10.3 Å². The molecule has 1 aliphatic rings. The Hall–Kier alpha value is -0.610. The van der Waals surface area contributed by atoms with Crippen molar-refractivity contribution in [1.29, 1.82) is 0 Å². The van der Waals surface area contributed by atoms with Crippen molar-refractivity contribution in [3.05, 3.63) is 22.3 Å². The third kappa shape index (κ3) is 3.93. The van der Waals surface area contributed by atoms with Gasteiger partial charge in [0.25, 0.3) is 0 Å². The van der Waals surface area contributed by atoms with E-state index in [1.807, 2.05) is 6.20 Å². The summed E-state index contributed by atoms with van der Waals surface area (Å²) >= 11 is 3.53. The van der Waals surface area contributed by atoms with Gasteiger partial charge in [-0.3, -0.25) is 0 Å². The average Bonchev–Trinajstić information content (AvgIpc) is 2.61. The zero-order valence-electron chi connectivity index (χ0n) is 12.0. The highest BCUT2D eigenvalue weighted by Crippen LogP contribution is 2.27. The van der Waals surface area contributed by atoms with Crippen molar-refractivity contribution < 1.29 is 0 Å². The van der Waals surface area contributed by atoms with Crippen LogP contribution in [0, 0.1) is 0 Å². The van der Waals surface area contributed by atoms with Gasteiger partial charge in [-0.15, -0.1) is 0 Å². The molecule has 0 amide bonds. The summed E-state index contributed by atoms with van der Waals surface area (Å²) in [5.74, 6) is 1.17. The van der Waals surface area contributed by atoms with Gasteiger partial charge in [0.1, 0.15) is 5.82 Å². The lowest BCUT2D eigenvalue weighted by atomic mass is 10.1. The molecule has 1 fully saturated rings. The molecule has 0 spiro atoms. The number of hydrogen-bond acceptors (Lipinski definition) is 3. The lowest BCUT2D eigenvalue weighted by molar-refractivity contribution is 0.606. The monoisotopic (exact) mass is 325 g/mol. The van der Waals surface area contributed by atoms with Crippen molar-refractivity contribution in [3.8, 4) is 0 Å². The smallest absolute Gasteiger partial charge is 0.133 e. The Morgan fingerprint density at radius 1 is 1.42 bits per heavy atom. The quantitative estimate of drug-likeness (QED) is 0.914. The van der Waals surface area contributed by atoms with E-state index in [4.69, 9.17) is 0 Å². The maximum atomic E-state index is 4.69. The molecule has 0 bridgehead atoms. The largest absolute Gasteiger partial charge is 0.354 e. The summed E-state index contributed by atoms with van der Waals surface area (Å²) in [5, 5.41) is 3.41. The van der Waals surface area contributed by atoms with Crippen LogP contribution in [-0.2, 0) is 6.54 Å². The van der Waals surface area contributed by atoms with Crippen molar-refractivity contribution in [2.45, 2.75) is 52.1 Å². The molecule has 1 saturated heterocycles. The molecule has 1 N–H and O–H groups in total. The fourth-order valence-electron chi connectivity index (χ4n) is 2.71. The summed E-state index contributed by atoms with van der Waals surface area (Å²) in [6, 6.07) is 2.79. The molecular formula is C15H24BrN3. The molecule has 3 nitrogen and oxygen atoms in total. The predicted octanol–water partition coefficient (Wildman–Crippen LogP) is 3.72. The summed E-state index contributed by atoms with van der Waals surface area (Å²) < 4.78 is 1.06. The van der Waals surface area contributed by atoms with Crippen LogP contribution in [0.1, 0.15) is 45.1 Å². The van der Waals surface area contributed by atoms with Gasteiger partial charge < -0.3 is 10.2 Å². The maximum absolute atomic E-state index is 4.69. The molecule has 106 valence electrons. The van der Waals surface area contributed by atoms with Gasteiger partial charge in [-0.25, -0.2) is 4.98 Å². The Morgan fingerprint density at radius 2 is 2.26 bits per heavy atom. The second kappa shape index (κ2) is 7.25. The molecule has 2 heterocycles. The van der Waals surface area contributed by atoms with Gasteiger partial charge in [-0.2, -0.15) is 0 Å². The summed E-state index contributed by atoms with van der Waals surface area (Å²) in [4.78, 5) is 7.18. The molecule has 1 aromatic heterocycles. The highest BCUT2D eigenvalue weighted by atomic mass is 79.9. The Balaban J connectivity index is 2.25. The predicted molar refractivity (Wildman–Crippen MR) is 84.6 cm³/mol. The Labute approximate surface area is 124 Å². The molecule has 0 aromatic carbocycles. The summed E-state index contributed by atoms with van der Waals surface area (Å²) in [6.45, 7) is 7.48. The van der Waals surface area contributed by atoms with Crippen LogP contribution in [0.15, 0.2) is 16.7 Å². The topological polar surface area (TPSA) is 28.2 Å². The van der Waals surface area contributed by atoms with Gasteiger partial charge in [0.05, 0.1) is 0 Å². The normalized spacial score (nSPS) is 20.4. The van der Waals surface area contributed by atoms with Crippen LogP contribution in [0.2, 0.25) is 0 Å². The molecule has 0 aliphatic carbocycles. The van der Waals surface area contributed by atoms with Gasteiger partial charge in [-0.1, -0.05) is 19.8 Å². The molecule has 1 aliphatic heterocycles. The molecular weight excluding hydrogens is 302 g/mol. The number of hydrogen-bond donors (Lipinski definition) is 1. The summed E-state index contributed by atoms with van der Waals surface area (Å²) in [7, 11) is 0. The minimum absolute atomic E-state index is 0.594. The number of rotatable bonds is 4. The van der Waals surface area contributed by atoms with E-state index >= 15 is 0 Å². The molecule has 1 unspecified atom stereocenters. The van der Waals surface area contributed by atoms with Gasteiger partial charge in [0.15, 0.2) is 0 Å². The SMILES string of the molecule is CCNCc1cc(Br)cnc1N1CCCCCC1C. The van der Waals surface area contributed by atoms with Crippen molar-refractivity contribution >= 4 is 21.7 Å². The number of nitrogens with zero attached hydrogens (tertiary/aromatic N) is 2. The lowest BCUT2D eigenvalue weighted by Crippen LogP contribution is -2.34. The third-order valence-corrected chi connectivity index (χ3v) is 4.23. The average molecular weight is 326 g/mol. The first-order chi connectivity index (χ1) is 9.22. The van der Waals surface area contributed by atoms with E-state index in [0.717, 1.165) is 24.1 Å². The molecule has 2 rings (SSSR count). The third-order valence-electron chi connectivity index (χ3n) is 3.80. The van der Waals surface area contributed by atoms with Crippen LogP contribution in [0.3, 0.4) is 0 Å². The van der Waals surface area contributed by atoms with Gasteiger partial charge in [-0.05, 0) is 48.3 Å². The van der Waals surface area contributed by atoms with E-state index < -0.39 is 0 Å².